The Kier molecular flexibility index (Phi) is 6.02. The van der Waals surface area contributed by atoms with Gasteiger partial charge in [0.25, 0.3) is 5.56 Å². The third-order valence-corrected chi connectivity index (χ3v) is 8.11. The Morgan fingerprint density at radius 1 is 1.27 bits per heavy atom. The highest BCUT2D eigenvalue weighted by Crippen LogP contribution is 2.34. The van der Waals surface area contributed by atoms with Crippen LogP contribution >= 0.6 is 23.1 Å². The quantitative estimate of drug-likeness (QED) is 0.469. The van der Waals surface area contributed by atoms with E-state index in [1.807, 2.05) is 6.92 Å². The van der Waals surface area contributed by atoms with E-state index in [2.05, 4.69) is 37.4 Å². The number of carbonyl (C=O) groups is 1. The molecule has 1 aromatic carbocycles. The molecular formula is C23H27N3O2S2. The first kappa shape index (κ1) is 21.1. The molecule has 0 saturated carbocycles. The van der Waals surface area contributed by atoms with Crippen LogP contribution in [-0.4, -0.2) is 21.2 Å². The fraction of sp³-hybridized carbons (Fsp3) is 0.435. The first-order chi connectivity index (χ1) is 14.3. The molecule has 1 atom stereocenters. The van der Waals surface area contributed by atoms with Crippen LogP contribution in [0.4, 0.5) is 0 Å². The zero-order valence-corrected chi connectivity index (χ0v) is 19.5. The van der Waals surface area contributed by atoms with Crippen molar-refractivity contribution in [2.45, 2.75) is 57.7 Å². The van der Waals surface area contributed by atoms with Crippen molar-refractivity contribution < 1.29 is 4.79 Å². The second-order valence-electron chi connectivity index (χ2n) is 8.07. The number of hydrogen-bond donors (Lipinski definition) is 1. The molecule has 3 aromatic rings. The molecule has 0 spiro atoms. The number of benzene rings is 1. The number of aromatic nitrogens is 2. The Bertz CT molecular complexity index is 1180. The number of fused-ring (bicyclic) bond motifs is 3. The highest BCUT2D eigenvalue weighted by atomic mass is 32.2. The van der Waals surface area contributed by atoms with Crippen molar-refractivity contribution in [3.8, 4) is 0 Å². The van der Waals surface area contributed by atoms with Gasteiger partial charge in [0.15, 0.2) is 5.16 Å². The van der Waals surface area contributed by atoms with Gasteiger partial charge in [0.05, 0.1) is 17.2 Å². The van der Waals surface area contributed by atoms with Crippen LogP contribution in [0.15, 0.2) is 28.2 Å². The lowest BCUT2D eigenvalue weighted by atomic mass is 9.97. The number of aryl methyl sites for hydroxylation is 4. The first-order valence-corrected chi connectivity index (χ1v) is 12.2. The Morgan fingerprint density at radius 3 is 2.80 bits per heavy atom. The van der Waals surface area contributed by atoms with E-state index in [9.17, 15) is 9.59 Å². The predicted octanol–water partition coefficient (Wildman–Crippen LogP) is 4.46. The Morgan fingerprint density at radius 2 is 2.03 bits per heavy atom. The maximum Gasteiger partial charge on any atom is 0.262 e. The van der Waals surface area contributed by atoms with Crippen LogP contribution in [0.1, 0.15) is 52.9 Å². The number of thioether (sulfide) groups is 1. The van der Waals surface area contributed by atoms with Crippen LogP contribution in [0.2, 0.25) is 0 Å². The van der Waals surface area contributed by atoms with E-state index in [0.29, 0.717) is 5.16 Å². The summed E-state index contributed by atoms with van der Waals surface area (Å²) < 4.78 is 1.59. The molecule has 0 bridgehead atoms. The molecule has 5 nitrogen and oxygen atoms in total. The first-order valence-electron chi connectivity index (χ1n) is 10.4. The highest BCUT2D eigenvalue weighted by molar-refractivity contribution is 7.99. The van der Waals surface area contributed by atoms with Crippen LogP contribution < -0.4 is 10.9 Å². The van der Waals surface area contributed by atoms with Crippen molar-refractivity contribution in [3.63, 3.8) is 0 Å². The predicted molar refractivity (Wildman–Crippen MR) is 125 cm³/mol. The summed E-state index contributed by atoms with van der Waals surface area (Å²) in [5.41, 5.74) is 4.75. The van der Waals surface area contributed by atoms with Crippen LogP contribution in [0.3, 0.4) is 0 Å². The van der Waals surface area contributed by atoms with Gasteiger partial charge in [-0.25, -0.2) is 4.98 Å². The van der Waals surface area contributed by atoms with Crippen LogP contribution in [0, 0.1) is 13.8 Å². The van der Waals surface area contributed by atoms with E-state index < -0.39 is 0 Å². The maximum atomic E-state index is 13.0. The molecule has 1 amide bonds. The number of nitrogens with one attached hydrogen (secondary N) is 1. The lowest BCUT2D eigenvalue weighted by Gasteiger charge is -2.16. The molecule has 1 unspecified atom stereocenters. The zero-order valence-electron chi connectivity index (χ0n) is 17.9. The van der Waals surface area contributed by atoms with Gasteiger partial charge in [-0.2, -0.15) is 0 Å². The van der Waals surface area contributed by atoms with Gasteiger partial charge < -0.3 is 5.32 Å². The number of nitrogens with zero attached hydrogens (tertiary/aromatic N) is 2. The minimum atomic E-state index is -0.0688. The molecule has 1 aliphatic carbocycles. The molecule has 0 radical (unpaired) electrons. The summed E-state index contributed by atoms with van der Waals surface area (Å²) in [4.78, 5) is 32.4. The summed E-state index contributed by atoms with van der Waals surface area (Å²) in [5.74, 6) is 0.164. The van der Waals surface area contributed by atoms with E-state index >= 15 is 0 Å². The monoisotopic (exact) mass is 441 g/mol. The minimum Gasteiger partial charge on any atom is -0.349 e. The van der Waals surface area contributed by atoms with Crippen molar-refractivity contribution in [1.82, 2.24) is 14.9 Å². The van der Waals surface area contributed by atoms with Crippen LogP contribution in [0.5, 0.6) is 0 Å². The SMILES string of the molecule is Cc1ccc(C(C)NC(=O)CSc2nc3sc4c(c3c(=O)n2C)CCCC4)cc1C. The second kappa shape index (κ2) is 8.55. The average Bonchev–Trinajstić information content (AvgIpc) is 3.10. The van der Waals surface area contributed by atoms with E-state index in [4.69, 9.17) is 4.98 Å². The highest BCUT2D eigenvalue weighted by Gasteiger charge is 2.21. The third kappa shape index (κ3) is 4.05. The molecule has 7 heteroatoms. The normalized spacial score (nSPS) is 14.5. The Balaban J connectivity index is 1.48. The summed E-state index contributed by atoms with van der Waals surface area (Å²) in [7, 11) is 1.75. The third-order valence-electron chi connectivity index (χ3n) is 5.90. The lowest BCUT2D eigenvalue weighted by Crippen LogP contribution is -2.29. The number of thiophene rings is 1. The van der Waals surface area contributed by atoms with Crippen molar-refractivity contribution in [3.05, 3.63) is 55.7 Å². The number of hydrogen-bond acceptors (Lipinski definition) is 5. The van der Waals surface area contributed by atoms with Gasteiger partial charge in [0.1, 0.15) is 4.83 Å². The maximum absolute atomic E-state index is 13.0. The molecule has 1 N–H and O–H groups in total. The average molecular weight is 442 g/mol. The summed E-state index contributed by atoms with van der Waals surface area (Å²) in [6, 6.07) is 6.18. The lowest BCUT2D eigenvalue weighted by molar-refractivity contribution is -0.119. The number of carbonyl (C=O) groups excluding carboxylic acids is 1. The molecule has 2 aromatic heterocycles. The number of amides is 1. The number of rotatable bonds is 5. The van der Waals surface area contributed by atoms with E-state index in [-0.39, 0.29) is 23.3 Å². The van der Waals surface area contributed by atoms with Gasteiger partial charge in [-0.15, -0.1) is 11.3 Å². The van der Waals surface area contributed by atoms with Gasteiger partial charge in [0.2, 0.25) is 5.91 Å². The molecule has 0 saturated heterocycles. The van der Waals surface area contributed by atoms with Gasteiger partial charge in [-0.1, -0.05) is 30.0 Å². The molecule has 0 aliphatic heterocycles. The van der Waals surface area contributed by atoms with E-state index in [0.717, 1.165) is 35.0 Å². The van der Waals surface area contributed by atoms with Crippen molar-refractivity contribution in [2.75, 3.05) is 5.75 Å². The van der Waals surface area contributed by atoms with E-state index in [1.165, 1.54) is 39.8 Å². The van der Waals surface area contributed by atoms with Gasteiger partial charge in [-0.05, 0) is 68.7 Å². The summed E-state index contributed by atoms with van der Waals surface area (Å²) >= 11 is 2.96. The second-order valence-corrected chi connectivity index (χ2v) is 10.1. The minimum absolute atomic E-state index is 0.00538. The molecule has 2 heterocycles. The molecule has 158 valence electrons. The summed E-state index contributed by atoms with van der Waals surface area (Å²) in [5, 5.41) is 4.44. The van der Waals surface area contributed by atoms with Gasteiger partial charge >= 0.3 is 0 Å². The van der Waals surface area contributed by atoms with Gasteiger partial charge in [-0.3, -0.25) is 14.2 Å². The Labute approximate surface area is 184 Å². The summed E-state index contributed by atoms with van der Waals surface area (Å²) in [6.07, 6.45) is 4.33. The van der Waals surface area contributed by atoms with Crippen LogP contribution in [-0.2, 0) is 24.7 Å². The topological polar surface area (TPSA) is 64.0 Å². The molecule has 4 rings (SSSR count). The Hall–Kier alpha value is -2.12. The summed E-state index contributed by atoms with van der Waals surface area (Å²) in [6.45, 7) is 6.15. The smallest absolute Gasteiger partial charge is 0.262 e. The zero-order chi connectivity index (χ0) is 21.4. The largest absolute Gasteiger partial charge is 0.349 e. The van der Waals surface area contributed by atoms with Crippen LogP contribution in [0.25, 0.3) is 10.2 Å². The fourth-order valence-electron chi connectivity index (χ4n) is 3.93. The standard InChI is InChI=1S/C23H27N3O2S2/c1-13-9-10-16(11-14(13)2)15(3)24-19(27)12-29-23-25-21-20(22(28)26(23)4)17-7-5-6-8-18(17)30-21/h9-11,15H,5-8,12H2,1-4H3,(H,24,27). The molecule has 1 aliphatic rings. The van der Waals surface area contributed by atoms with Crippen molar-refractivity contribution in [1.29, 1.82) is 0 Å². The van der Waals surface area contributed by atoms with Crippen molar-refractivity contribution >= 4 is 39.2 Å². The molecular weight excluding hydrogens is 414 g/mol. The van der Waals surface area contributed by atoms with Gasteiger partial charge in [0, 0.05) is 11.9 Å². The fourth-order valence-corrected chi connectivity index (χ4v) is 6.01. The molecule has 0 fully saturated rings. The molecule has 30 heavy (non-hydrogen) atoms. The van der Waals surface area contributed by atoms with Crippen molar-refractivity contribution in [2.24, 2.45) is 7.05 Å². The van der Waals surface area contributed by atoms with E-state index in [1.54, 1.807) is 23.0 Å².